The van der Waals surface area contributed by atoms with Crippen molar-refractivity contribution in [2.24, 2.45) is 0 Å². The van der Waals surface area contributed by atoms with Crippen LogP contribution in [0.5, 0.6) is 5.75 Å². The van der Waals surface area contributed by atoms with Crippen molar-refractivity contribution < 1.29 is 27.5 Å². The van der Waals surface area contributed by atoms with Crippen LogP contribution in [0.15, 0.2) is 48.5 Å². The first-order valence-corrected chi connectivity index (χ1v) is 10.6. The van der Waals surface area contributed by atoms with Crippen LogP contribution in [-0.4, -0.2) is 53.9 Å². The number of esters is 1. The summed E-state index contributed by atoms with van der Waals surface area (Å²) in [7, 11) is -0.846. The zero-order valence-electron chi connectivity index (χ0n) is 16.5. The van der Waals surface area contributed by atoms with Gasteiger partial charge in [0.1, 0.15) is 12.3 Å². The number of methoxy groups -OCH3 is 2. The molecule has 2 rings (SSSR count). The van der Waals surface area contributed by atoms with E-state index in [0.717, 1.165) is 21.9 Å². The largest absolute Gasteiger partial charge is 0.497 e. The van der Waals surface area contributed by atoms with E-state index >= 15 is 0 Å². The first-order chi connectivity index (χ1) is 13.7. The molecule has 0 spiro atoms. The van der Waals surface area contributed by atoms with Gasteiger partial charge < -0.3 is 14.8 Å². The summed E-state index contributed by atoms with van der Waals surface area (Å²) in [6.07, 6.45) is 1.62. The molecule has 0 aliphatic heterocycles. The molecule has 0 bridgehead atoms. The van der Waals surface area contributed by atoms with E-state index in [1.807, 2.05) is 24.3 Å². The molecule has 2 aromatic rings. The molecule has 0 aliphatic rings. The molecule has 8 nitrogen and oxygen atoms in total. The number of nitrogens with zero attached hydrogens (tertiary/aromatic N) is 1. The lowest BCUT2D eigenvalue weighted by atomic mass is 10.1. The fraction of sp³-hybridized carbons (Fsp3) is 0.300. The maximum Gasteiger partial charge on any atom is 0.337 e. The normalized spacial score (nSPS) is 10.9. The first kappa shape index (κ1) is 22.2. The number of benzene rings is 2. The summed E-state index contributed by atoms with van der Waals surface area (Å²) < 4.78 is 35.0. The summed E-state index contributed by atoms with van der Waals surface area (Å²) in [6.45, 7) is 0.00304. The van der Waals surface area contributed by atoms with E-state index in [2.05, 4.69) is 10.1 Å². The lowest BCUT2D eigenvalue weighted by Crippen LogP contribution is -2.41. The van der Waals surface area contributed by atoms with Crippen LogP contribution < -0.4 is 14.4 Å². The summed E-state index contributed by atoms with van der Waals surface area (Å²) in [5, 5.41) is 2.72. The number of hydrogen-bond acceptors (Lipinski definition) is 6. The minimum Gasteiger partial charge on any atom is -0.497 e. The third-order valence-electron chi connectivity index (χ3n) is 4.16. The Hall–Kier alpha value is -3.07. The van der Waals surface area contributed by atoms with Crippen LogP contribution >= 0.6 is 0 Å². The van der Waals surface area contributed by atoms with Gasteiger partial charge in [0.2, 0.25) is 15.9 Å². The Balaban J connectivity index is 1.98. The van der Waals surface area contributed by atoms with Crippen LogP contribution in [0.3, 0.4) is 0 Å². The van der Waals surface area contributed by atoms with Crippen LogP contribution in [0.1, 0.15) is 15.9 Å². The highest BCUT2D eigenvalue weighted by Crippen LogP contribution is 2.18. The standard InChI is InChI=1S/C20H24N2O6S/c1-27-18-10-4-15(5-11-18)12-13-21-19(23)14-22(29(3,25)26)17-8-6-16(7-9-17)20(24)28-2/h4-11H,12-14H2,1-3H3,(H,21,23). The molecule has 0 atom stereocenters. The topological polar surface area (TPSA) is 102 Å². The van der Waals surface area contributed by atoms with Crippen LogP contribution in [0.4, 0.5) is 5.69 Å². The Morgan fingerprint density at radius 2 is 1.62 bits per heavy atom. The minimum absolute atomic E-state index is 0.283. The van der Waals surface area contributed by atoms with E-state index in [0.29, 0.717) is 13.0 Å². The average Bonchev–Trinajstić information content (AvgIpc) is 2.71. The van der Waals surface area contributed by atoms with Crippen molar-refractivity contribution >= 4 is 27.6 Å². The quantitative estimate of drug-likeness (QED) is 0.619. The molecule has 156 valence electrons. The molecule has 0 saturated heterocycles. The van der Waals surface area contributed by atoms with Gasteiger partial charge in [-0.15, -0.1) is 0 Å². The Kier molecular flexibility index (Phi) is 7.60. The molecule has 0 unspecified atom stereocenters. The highest BCUT2D eigenvalue weighted by atomic mass is 32.2. The van der Waals surface area contributed by atoms with Crippen molar-refractivity contribution in [3.8, 4) is 5.75 Å². The minimum atomic E-state index is -3.69. The number of carbonyl (C=O) groups excluding carboxylic acids is 2. The van der Waals surface area contributed by atoms with Gasteiger partial charge in [0.05, 0.1) is 31.7 Å². The van der Waals surface area contributed by atoms with Crippen LogP contribution in [-0.2, 0) is 26.0 Å². The van der Waals surface area contributed by atoms with Crippen molar-refractivity contribution in [2.45, 2.75) is 6.42 Å². The van der Waals surface area contributed by atoms with Crippen LogP contribution in [0.2, 0.25) is 0 Å². The Labute approximate surface area is 170 Å². The summed E-state index contributed by atoms with van der Waals surface area (Å²) in [4.78, 5) is 23.8. The molecule has 0 saturated carbocycles. The molecular formula is C20H24N2O6S. The van der Waals surface area contributed by atoms with Gasteiger partial charge in [-0.3, -0.25) is 9.10 Å². The van der Waals surface area contributed by atoms with Gasteiger partial charge in [-0.1, -0.05) is 12.1 Å². The second kappa shape index (κ2) is 9.92. The van der Waals surface area contributed by atoms with Crippen molar-refractivity contribution in [3.05, 3.63) is 59.7 Å². The third kappa shape index (κ3) is 6.49. The molecule has 0 heterocycles. The van der Waals surface area contributed by atoms with Crippen molar-refractivity contribution in [1.82, 2.24) is 5.32 Å². The number of amides is 1. The van der Waals surface area contributed by atoms with Gasteiger partial charge in [-0.05, 0) is 48.4 Å². The highest BCUT2D eigenvalue weighted by Gasteiger charge is 2.21. The number of ether oxygens (including phenoxy) is 2. The van der Waals surface area contributed by atoms with E-state index in [-0.39, 0.29) is 17.8 Å². The van der Waals surface area contributed by atoms with E-state index in [4.69, 9.17) is 4.74 Å². The maximum atomic E-state index is 12.3. The van der Waals surface area contributed by atoms with E-state index in [1.165, 1.54) is 31.4 Å². The van der Waals surface area contributed by atoms with Crippen LogP contribution in [0, 0.1) is 0 Å². The highest BCUT2D eigenvalue weighted by molar-refractivity contribution is 7.92. The van der Waals surface area contributed by atoms with Crippen molar-refractivity contribution in [3.63, 3.8) is 0 Å². The molecule has 2 aromatic carbocycles. The van der Waals surface area contributed by atoms with Gasteiger partial charge in [0.15, 0.2) is 0 Å². The number of anilines is 1. The Morgan fingerprint density at radius 3 is 2.14 bits per heavy atom. The van der Waals surface area contributed by atoms with Crippen LogP contribution in [0.25, 0.3) is 0 Å². The summed E-state index contributed by atoms with van der Waals surface area (Å²) >= 11 is 0. The summed E-state index contributed by atoms with van der Waals surface area (Å²) in [5.74, 6) is -0.209. The van der Waals surface area contributed by atoms with Gasteiger partial charge in [-0.2, -0.15) is 0 Å². The number of nitrogens with one attached hydrogen (secondary N) is 1. The zero-order chi connectivity index (χ0) is 21.4. The van der Waals surface area contributed by atoms with Gasteiger partial charge in [0.25, 0.3) is 0 Å². The SMILES string of the molecule is COC(=O)c1ccc(N(CC(=O)NCCc2ccc(OC)cc2)S(C)(=O)=O)cc1. The molecule has 1 N–H and O–H groups in total. The molecule has 0 aromatic heterocycles. The molecule has 9 heteroatoms. The van der Waals surface area contributed by atoms with Crippen molar-refractivity contribution in [2.75, 3.05) is 37.9 Å². The second-order valence-electron chi connectivity index (χ2n) is 6.26. The number of rotatable bonds is 9. The maximum absolute atomic E-state index is 12.3. The smallest absolute Gasteiger partial charge is 0.337 e. The Bertz CT molecular complexity index is 940. The fourth-order valence-corrected chi connectivity index (χ4v) is 3.46. The summed E-state index contributed by atoms with van der Waals surface area (Å²) in [6, 6.07) is 13.3. The molecule has 29 heavy (non-hydrogen) atoms. The molecule has 1 amide bonds. The zero-order valence-corrected chi connectivity index (χ0v) is 17.4. The first-order valence-electron chi connectivity index (χ1n) is 8.80. The molecular weight excluding hydrogens is 396 g/mol. The van der Waals surface area contributed by atoms with Crippen molar-refractivity contribution in [1.29, 1.82) is 0 Å². The predicted octanol–water partition coefficient (Wildman–Crippen LogP) is 1.61. The van der Waals surface area contributed by atoms with E-state index in [1.54, 1.807) is 7.11 Å². The Morgan fingerprint density at radius 1 is 1.00 bits per heavy atom. The second-order valence-corrected chi connectivity index (χ2v) is 8.16. The average molecular weight is 420 g/mol. The number of hydrogen-bond donors (Lipinski definition) is 1. The fourth-order valence-electron chi connectivity index (χ4n) is 2.61. The number of sulfonamides is 1. The number of carbonyl (C=O) groups is 2. The van der Waals surface area contributed by atoms with E-state index < -0.39 is 21.9 Å². The van der Waals surface area contributed by atoms with E-state index in [9.17, 15) is 18.0 Å². The monoisotopic (exact) mass is 420 g/mol. The van der Waals surface area contributed by atoms with Gasteiger partial charge in [0, 0.05) is 6.54 Å². The lowest BCUT2D eigenvalue weighted by Gasteiger charge is -2.22. The van der Waals surface area contributed by atoms with Gasteiger partial charge >= 0.3 is 5.97 Å². The molecule has 0 fully saturated rings. The predicted molar refractivity (Wildman–Crippen MR) is 110 cm³/mol. The molecule has 0 radical (unpaired) electrons. The third-order valence-corrected chi connectivity index (χ3v) is 5.30. The summed E-state index contributed by atoms with van der Waals surface area (Å²) in [5.41, 5.74) is 1.59. The molecule has 0 aliphatic carbocycles. The lowest BCUT2D eigenvalue weighted by molar-refractivity contribution is -0.119. The van der Waals surface area contributed by atoms with Gasteiger partial charge in [-0.25, -0.2) is 13.2 Å².